The van der Waals surface area contributed by atoms with Gasteiger partial charge in [0.05, 0.1) is 5.54 Å². The van der Waals surface area contributed by atoms with Crippen LogP contribution in [-0.4, -0.2) is 52.3 Å². The molecular formula is C21H19F3N4O2. The van der Waals surface area contributed by atoms with Gasteiger partial charge in [-0.05, 0) is 43.2 Å². The zero-order valence-corrected chi connectivity index (χ0v) is 15.9. The molecule has 156 valence electrons. The number of ether oxygens (including phenoxy) is 1. The van der Waals surface area contributed by atoms with E-state index in [9.17, 15) is 18.0 Å². The first-order chi connectivity index (χ1) is 14.3. The summed E-state index contributed by atoms with van der Waals surface area (Å²) in [4.78, 5) is 24.7. The van der Waals surface area contributed by atoms with E-state index in [2.05, 4.69) is 19.6 Å². The van der Waals surface area contributed by atoms with Gasteiger partial charge in [-0.2, -0.15) is 0 Å². The number of piperazine rings is 1. The van der Waals surface area contributed by atoms with E-state index in [-0.39, 0.29) is 22.8 Å². The summed E-state index contributed by atoms with van der Waals surface area (Å²) in [5.41, 5.74) is 1.80. The Bertz CT molecular complexity index is 1110. The Labute approximate surface area is 170 Å². The fourth-order valence-corrected chi connectivity index (χ4v) is 4.28. The van der Waals surface area contributed by atoms with E-state index in [4.69, 9.17) is 0 Å². The van der Waals surface area contributed by atoms with E-state index < -0.39 is 6.36 Å². The summed E-state index contributed by atoms with van der Waals surface area (Å²) in [7, 11) is 0. The maximum Gasteiger partial charge on any atom is 0.573 e. The summed E-state index contributed by atoms with van der Waals surface area (Å²) in [6.07, 6.45) is 0.561. The van der Waals surface area contributed by atoms with E-state index in [1.54, 1.807) is 6.20 Å². The predicted octanol–water partition coefficient (Wildman–Crippen LogP) is 3.96. The Hall–Kier alpha value is -3.23. The summed E-state index contributed by atoms with van der Waals surface area (Å²) in [6.45, 7) is 1.82. The normalized spacial score (nSPS) is 18.1. The van der Waals surface area contributed by atoms with Crippen LogP contribution in [0.15, 0.2) is 48.8 Å². The molecule has 5 rings (SSSR count). The van der Waals surface area contributed by atoms with Crippen molar-refractivity contribution < 1.29 is 22.7 Å². The third-order valence-electron chi connectivity index (χ3n) is 5.82. The van der Waals surface area contributed by atoms with Crippen molar-refractivity contribution in [1.82, 2.24) is 14.9 Å². The summed E-state index contributed by atoms with van der Waals surface area (Å²) < 4.78 is 41.5. The van der Waals surface area contributed by atoms with Crippen LogP contribution in [0.2, 0.25) is 0 Å². The van der Waals surface area contributed by atoms with Crippen molar-refractivity contribution in [3.8, 4) is 5.75 Å². The molecule has 1 aliphatic heterocycles. The summed E-state index contributed by atoms with van der Waals surface area (Å²) in [5.74, 6) is -0.648. The third kappa shape index (κ3) is 3.34. The second kappa shape index (κ2) is 6.65. The lowest BCUT2D eigenvalue weighted by Crippen LogP contribution is -2.57. The predicted molar refractivity (Wildman–Crippen MR) is 104 cm³/mol. The molecule has 0 radical (unpaired) electrons. The first-order valence-electron chi connectivity index (χ1n) is 9.70. The highest BCUT2D eigenvalue weighted by Crippen LogP contribution is 2.46. The van der Waals surface area contributed by atoms with Crippen LogP contribution >= 0.6 is 0 Å². The van der Waals surface area contributed by atoms with Gasteiger partial charge in [-0.1, -0.05) is 6.07 Å². The molecule has 1 amide bonds. The fraction of sp³-hybridized carbons (Fsp3) is 0.333. The van der Waals surface area contributed by atoms with Gasteiger partial charge in [0, 0.05) is 48.7 Å². The number of anilines is 1. The number of amides is 1. The van der Waals surface area contributed by atoms with Gasteiger partial charge in [0.25, 0.3) is 5.91 Å². The molecule has 2 fully saturated rings. The van der Waals surface area contributed by atoms with E-state index in [1.807, 2.05) is 23.2 Å². The number of benzene rings is 1. The lowest BCUT2D eigenvalue weighted by Gasteiger charge is -2.43. The first kappa shape index (κ1) is 18.8. The molecule has 30 heavy (non-hydrogen) atoms. The van der Waals surface area contributed by atoms with E-state index >= 15 is 0 Å². The summed E-state index contributed by atoms with van der Waals surface area (Å²) in [6, 6.07) is 9.25. The highest BCUT2D eigenvalue weighted by molar-refractivity contribution is 5.96. The van der Waals surface area contributed by atoms with Crippen molar-refractivity contribution in [2.75, 3.05) is 24.5 Å². The van der Waals surface area contributed by atoms with Crippen LogP contribution in [0.5, 0.6) is 5.75 Å². The molecule has 1 saturated heterocycles. The third-order valence-corrected chi connectivity index (χ3v) is 5.82. The maximum atomic E-state index is 13.1. The Balaban J connectivity index is 1.37. The van der Waals surface area contributed by atoms with Gasteiger partial charge in [0.15, 0.2) is 0 Å². The monoisotopic (exact) mass is 416 g/mol. The van der Waals surface area contributed by atoms with Crippen LogP contribution in [0.3, 0.4) is 0 Å². The van der Waals surface area contributed by atoms with Crippen molar-refractivity contribution in [2.45, 2.75) is 24.7 Å². The number of carbonyl (C=O) groups excluding carboxylic acids is 1. The van der Waals surface area contributed by atoms with Crippen molar-refractivity contribution in [1.29, 1.82) is 0 Å². The molecule has 0 unspecified atom stereocenters. The summed E-state index contributed by atoms with van der Waals surface area (Å²) in [5, 5.41) is 1.03. The van der Waals surface area contributed by atoms with Crippen LogP contribution in [-0.2, 0) is 0 Å². The molecule has 2 aromatic heterocycles. The number of rotatable bonds is 3. The Kier molecular flexibility index (Phi) is 4.16. The molecule has 6 nitrogen and oxygen atoms in total. The zero-order chi connectivity index (χ0) is 20.9. The van der Waals surface area contributed by atoms with Crippen LogP contribution in [0.25, 0.3) is 11.0 Å². The molecule has 1 saturated carbocycles. The number of nitrogens with zero attached hydrogens (tertiary/aromatic N) is 3. The minimum atomic E-state index is -4.79. The number of fused-ring (bicyclic) bond motifs is 1. The number of hydrogen-bond donors (Lipinski definition) is 1. The van der Waals surface area contributed by atoms with Crippen molar-refractivity contribution in [3.05, 3.63) is 54.4 Å². The molecule has 2 aliphatic rings. The van der Waals surface area contributed by atoms with Crippen molar-refractivity contribution >= 4 is 22.6 Å². The quantitative estimate of drug-likeness (QED) is 0.702. The minimum Gasteiger partial charge on any atom is -0.406 e. The van der Waals surface area contributed by atoms with Gasteiger partial charge in [-0.15, -0.1) is 13.2 Å². The number of nitrogens with one attached hydrogen (secondary N) is 1. The largest absolute Gasteiger partial charge is 0.573 e. The lowest BCUT2D eigenvalue weighted by atomic mass is 10.1. The minimum absolute atomic E-state index is 0.202. The number of hydrogen-bond acceptors (Lipinski definition) is 4. The highest BCUT2D eigenvalue weighted by atomic mass is 19.4. The van der Waals surface area contributed by atoms with Crippen molar-refractivity contribution in [2.24, 2.45) is 0 Å². The fourth-order valence-electron chi connectivity index (χ4n) is 4.28. The van der Waals surface area contributed by atoms with Crippen molar-refractivity contribution in [3.63, 3.8) is 0 Å². The molecule has 1 N–H and O–H groups in total. The highest BCUT2D eigenvalue weighted by Gasteiger charge is 2.53. The second-order valence-corrected chi connectivity index (χ2v) is 7.75. The molecule has 9 heteroatoms. The van der Waals surface area contributed by atoms with E-state index in [0.717, 1.165) is 35.6 Å². The van der Waals surface area contributed by atoms with Crippen LogP contribution in [0.1, 0.15) is 23.2 Å². The van der Waals surface area contributed by atoms with Gasteiger partial charge >= 0.3 is 6.36 Å². The summed E-state index contributed by atoms with van der Waals surface area (Å²) >= 11 is 0. The average molecular weight is 416 g/mol. The van der Waals surface area contributed by atoms with Gasteiger partial charge in [-0.3, -0.25) is 4.79 Å². The Morgan fingerprint density at radius 1 is 1.17 bits per heavy atom. The van der Waals surface area contributed by atoms with Gasteiger partial charge in [-0.25, -0.2) is 4.98 Å². The molecule has 1 spiro atoms. The van der Waals surface area contributed by atoms with E-state index in [0.29, 0.717) is 19.6 Å². The molecule has 3 aromatic rings. The van der Waals surface area contributed by atoms with Crippen LogP contribution < -0.4 is 9.64 Å². The molecule has 0 atom stereocenters. The van der Waals surface area contributed by atoms with E-state index in [1.165, 1.54) is 18.2 Å². The average Bonchev–Trinajstić information content (AvgIpc) is 3.28. The SMILES string of the molecule is O=C(c1cccc(OC(F)(F)F)c1)N1CCN(c2ccnc3[nH]ccc23)CC12CC2. The number of pyridine rings is 1. The number of halogens is 3. The molecular weight excluding hydrogens is 397 g/mol. The molecule has 1 aromatic carbocycles. The second-order valence-electron chi connectivity index (χ2n) is 7.75. The Morgan fingerprint density at radius 2 is 2.00 bits per heavy atom. The smallest absolute Gasteiger partial charge is 0.406 e. The maximum absolute atomic E-state index is 13.1. The number of aromatic nitrogens is 2. The Morgan fingerprint density at radius 3 is 2.77 bits per heavy atom. The number of aromatic amines is 1. The lowest BCUT2D eigenvalue weighted by molar-refractivity contribution is -0.274. The number of alkyl halides is 3. The van der Waals surface area contributed by atoms with Gasteiger partial charge in [0.1, 0.15) is 11.4 Å². The molecule has 3 heterocycles. The topological polar surface area (TPSA) is 61.5 Å². The number of H-pyrrole nitrogens is 1. The number of carbonyl (C=O) groups is 1. The molecule has 0 bridgehead atoms. The van der Waals surface area contributed by atoms with Gasteiger partial charge < -0.3 is 19.5 Å². The zero-order valence-electron chi connectivity index (χ0n) is 15.9. The standard InChI is InChI=1S/C21H19F3N4O2/c22-21(23,24)30-15-3-1-2-14(12-15)19(29)28-11-10-27(13-20(28)6-7-20)17-5-9-26-18-16(17)4-8-25-18/h1-5,8-9,12H,6-7,10-11,13H2,(H,25,26). The van der Waals surface area contributed by atoms with Crippen LogP contribution in [0, 0.1) is 0 Å². The first-order valence-corrected chi connectivity index (χ1v) is 9.70. The molecule has 1 aliphatic carbocycles. The van der Waals surface area contributed by atoms with Crippen LogP contribution in [0.4, 0.5) is 18.9 Å². The van der Waals surface area contributed by atoms with Gasteiger partial charge in [0.2, 0.25) is 0 Å².